The third kappa shape index (κ3) is 4.76. The molecule has 0 aromatic heterocycles. The molecule has 0 atom stereocenters. The molecule has 1 rings (SSSR count). The molecule has 1 aromatic rings. The van der Waals surface area contributed by atoms with Crippen molar-refractivity contribution in [3.8, 4) is 0 Å². The molecule has 18 heavy (non-hydrogen) atoms. The molecule has 0 saturated heterocycles. The highest BCUT2D eigenvalue weighted by Crippen LogP contribution is 2.15. The maximum Gasteiger partial charge on any atom is 0.338 e. The van der Waals surface area contributed by atoms with Crippen molar-refractivity contribution in [1.82, 2.24) is 0 Å². The highest BCUT2D eigenvalue weighted by molar-refractivity contribution is 9.08. The van der Waals surface area contributed by atoms with E-state index in [1.165, 1.54) is 0 Å². The van der Waals surface area contributed by atoms with Crippen molar-refractivity contribution in [2.24, 2.45) is 0 Å². The van der Waals surface area contributed by atoms with Crippen molar-refractivity contribution in [1.29, 1.82) is 0 Å². The predicted molar refractivity (Wildman–Crippen MR) is 71.4 cm³/mol. The number of benzene rings is 1. The van der Waals surface area contributed by atoms with E-state index in [1.54, 1.807) is 19.1 Å². The number of alkyl halides is 1. The van der Waals surface area contributed by atoms with Crippen molar-refractivity contribution in [2.75, 3.05) is 13.2 Å². The molecule has 4 nitrogen and oxygen atoms in total. The number of hydrogen-bond acceptors (Lipinski definition) is 4. The lowest BCUT2D eigenvalue weighted by molar-refractivity contribution is -0.300. The van der Waals surface area contributed by atoms with Crippen LogP contribution >= 0.6 is 15.9 Å². The van der Waals surface area contributed by atoms with Gasteiger partial charge in [-0.2, -0.15) is 0 Å². The quantitative estimate of drug-likeness (QED) is 0.255. The molecule has 0 aliphatic carbocycles. The molecule has 100 valence electrons. The van der Waals surface area contributed by atoms with Gasteiger partial charge < -0.3 is 4.74 Å². The number of rotatable bonds is 7. The molecular weight excluding hydrogens is 300 g/mol. The lowest BCUT2D eigenvalue weighted by atomic mass is 10.1. The first-order valence-corrected chi connectivity index (χ1v) is 6.93. The number of halogens is 1. The maximum absolute atomic E-state index is 11.7. The molecule has 0 aliphatic heterocycles. The summed E-state index contributed by atoms with van der Waals surface area (Å²) >= 11 is 3.37. The van der Waals surface area contributed by atoms with Crippen molar-refractivity contribution in [3.05, 3.63) is 34.9 Å². The first-order chi connectivity index (χ1) is 8.71. The molecule has 0 unspecified atom stereocenters. The second kappa shape index (κ2) is 8.24. The molecule has 0 radical (unpaired) electrons. The minimum Gasteiger partial charge on any atom is -0.462 e. The summed E-state index contributed by atoms with van der Waals surface area (Å²) in [5.41, 5.74) is 2.41. The Morgan fingerprint density at radius 3 is 2.44 bits per heavy atom. The van der Waals surface area contributed by atoms with Crippen LogP contribution in [0, 0.1) is 0 Å². The summed E-state index contributed by atoms with van der Waals surface area (Å²) in [6.45, 7) is 4.79. The zero-order valence-electron chi connectivity index (χ0n) is 10.6. The average molecular weight is 317 g/mol. The van der Waals surface area contributed by atoms with Crippen LogP contribution in [0.3, 0.4) is 0 Å². The molecule has 0 amide bonds. The van der Waals surface area contributed by atoms with Crippen LogP contribution < -0.4 is 0 Å². The lowest BCUT2D eigenvalue weighted by Crippen LogP contribution is -2.06. The van der Waals surface area contributed by atoms with Crippen molar-refractivity contribution >= 4 is 21.9 Å². The van der Waals surface area contributed by atoms with Gasteiger partial charge in [-0.1, -0.05) is 22.0 Å². The third-order valence-electron chi connectivity index (χ3n) is 2.14. The van der Waals surface area contributed by atoms with Crippen LogP contribution in [-0.2, 0) is 26.4 Å². The van der Waals surface area contributed by atoms with E-state index >= 15 is 0 Å². The second-order valence-corrected chi connectivity index (χ2v) is 4.12. The van der Waals surface area contributed by atoms with Crippen LogP contribution in [0.2, 0.25) is 0 Å². The summed E-state index contributed by atoms with van der Waals surface area (Å²) < 4.78 is 4.98. The van der Waals surface area contributed by atoms with Gasteiger partial charge in [-0.3, -0.25) is 0 Å². The van der Waals surface area contributed by atoms with Crippen LogP contribution in [-0.4, -0.2) is 19.2 Å². The minimum absolute atomic E-state index is 0.307. The van der Waals surface area contributed by atoms with Crippen molar-refractivity contribution in [2.45, 2.75) is 25.8 Å². The first kappa shape index (κ1) is 15.1. The molecule has 0 heterocycles. The summed E-state index contributed by atoms with van der Waals surface area (Å²) in [6.07, 6.45) is 0. The number of hydrogen-bond donors (Lipinski definition) is 0. The van der Waals surface area contributed by atoms with E-state index in [-0.39, 0.29) is 5.97 Å². The zero-order chi connectivity index (χ0) is 13.4. The van der Waals surface area contributed by atoms with Crippen molar-refractivity contribution in [3.63, 3.8) is 0 Å². The summed E-state index contributed by atoms with van der Waals surface area (Å²) in [7, 11) is 0. The number of carbonyl (C=O) groups is 1. The fraction of sp³-hybridized carbons (Fsp3) is 0.462. The smallest absolute Gasteiger partial charge is 0.338 e. The van der Waals surface area contributed by atoms with Crippen LogP contribution in [0.5, 0.6) is 0 Å². The van der Waals surface area contributed by atoms with Crippen LogP contribution in [0.15, 0.2) is 18.2 Å². The van der Waals surface area contributed by atoms with E-state index in [4.69, 9.17) is 14.5 Å². The Hall–Kier alpha value is -0.910. The molecular formula is C13H17BrO4. The molecule has 0 saturated carbocycles. The van der Waals surface area contributed by atoms with E-state index in [2.05, 4.69) is 15.9 Å². The summed E-state index contributed by atoms with van der Waals surface area (Å²) in [4.78, 5) is 21.5. The van der Waals surface area contributed by atoms with Gasteiger partial charge in [0.05, 0.1) is 18.8 Å². The fourth-order valence-corrected chi connectivity index (χ4v) is 1.77. The Morgan fingerprint density at radius 1 is 1.11 bits per heavy atom. The Balaban J connectivity index is 2.83. The topological polar surface area (TPSA) is 44.8 Å². The standard InChI is InChI=1S/C13H17BrO4/c1-3-16-13(15)12-6-10(8-14)5-11(7-12)9-18-17-4-2/h5-7H,3-4,8-9H2,1-2H3. The van der Waals surface area contributed by atoms with Crippen LogP contribution in [0.25, 0.3) is 0 Å². The maximum atomic E-state index is 11.7. The van der Waals surface area contributed by atoms with Gasteiger partial charge in [0.15, 0.2) is 0 Å². The number of ether oxygens (including phenoxy) is 1. The number of esters is 1. The molecule has 0 aliphatic rings. The number of carbonyl (C=O) groups excluding carboxylic acids is 1. The average Bonchev–Trinajstić information content (AvgIpc) is 2.39. The van der Waals surface area contributed by atoms with Gasteiger partial charge in [-0.25, -0.2) is 14.6 Å². The molecule has 0 bridgehead atoms. The van der Waals surface area contributed by atoms with Gasteiger partial charge in [0.1, 0.15) is 6.61 Å². The monoisotopic (exact) mass is 316 g/mol. The van der Waals surface area contributed by atoms with Gasteiger partial charge in [-0.05, 0) is 37.1 Å². The summed E-state index contributed by atoms with van der Waals surface area (Å²) in [6, 6.07) is 5.51. The summed E-state index contributed by atoms with van der Waals surface area (Å²) in [5.74, 6) is -0.321. The van der Waals surface area contributed by atoms with Gasteiger partial charge in [0.2, 0.25) is 0 Å². The van der Waals surface area contributed by atoms with Gasteiger partial charge in [0, 0.05) is 5.33 Å². The predicted octanol–water partition coefficient (Wildman–Crippen LogP) is 3.23. The Bertz CT molecular complexity index is 393. The van der Waals surface area contributed by atoms with Crippen molar-refractivity contribution < 1.29 is 19.3 Å². The Kier molecular flexibility index (Phi) is 6.93. The fourth-order valence-electron chi connectivity index (χ4n) is 1.45. The molecule has 0 spiro atoms. The summed E-state index contributed by atoms with van der Waals surface area (Å²) in [5, 5.41) is 0.669. The van der Waals surface area contributed by atoms with E-state index in [9.17, 15) is 4.79 Å². The highest BCUT2D eigenvalue weighted by Gasteiger charge is 2.09. The SMILES string of the molecule is CCOOCc1cc(CBr)cc(C(=O)OCC)c1. The second-order valence-electron chi connectivity index (χ2n) is 3.56. The largest absolute Gasteiger partial charge is 0.462 e. The van der Waals surface area contributed by atoms with Gasteiger partial charge in [0.25, 0.3) is 0 Å². The third-order valence-corrected chi connectivity index (χ3v) is 2.79. The highest BCUT2D eigenvalue weighted by atomic mass is 79.9. The molecule has 5 heteroatoms. The van der Waals surface area contributed by atoms with Gasteiger partial charge >= 0.3 is 5.97 Å². The Labute approximate surface area is 115 Å². The Morgan fingerprint density at radius 2 is 1.83 bits per heavy atom. The molecule has 0 N–H and O–H groups in total. The van der Waals surface area contributed by atoms with E-state index in [0.717, 1.165) is 11.1 Å². The normalized spacial score (nSPS) is 10.4. The molecule has 1 aromatic carbocycles. The minimum atomic E-state index is -0.321. The van der Waals surface area contributed by atoms with Crippen LogP contribution in [0.4, 0.5) is 0 Å². The molecule has 0 fully saturated rings. The van der Waals surface area contributed by atoms with E-state index in [0.29, 0.717) is 30.7 Å². The van der Waals surface area contributed by atoms with Crippen LogP contribution in [0.1, 0.15) is 35.3 Å². The lowest BCUT2D eigenvalue weighted by Gasteiger charge is -2.08. The first-order valence-electron chi connectivity index (χ1n) is 5.81. The zero-order valence-corrected chi connectivity index (χ0v) is 12.2. The van der Waals surface area contributed by atoms with Gasteiger partial charge in [-0.15, -0.1) is 0 Å². The van der Waals surface area contributed by atoms with E-state index < -0.39 is 0 Å². The van der Waals surface area contributed by atoms with E-state index in [1.807, 2.05) is 13.0 Å².